The van der Waals surface area contributed by atoms with Crippen LogP contribution < -0.4 is 0 Å². The monoisotopic (exact) mass is 269 g/mol. The highest BCUT2D eigenvalue weighted by Crippen LogP contribution is 2.21. The molecule has 1 aromatic carbocycles. The van der Waals surface area contributed by atoms with E-state index >= 15 is 0 Å². The van der Waals surface area contributed by atoms with E-state index in [0.717, 1.165) is 5.56 Å². The van der Waals surface area contributed by atoms with Crippen LogP contribution in [0.25, 0.3) is 5.69 Å². The van der Waals surface area contributed by atoms with Gasteiger partial charge in [-0.1, -0.05) is 6.07 Å². The molecule has 0 N–H and O–H groups in total. The number of benzene rings is 1. The summed E-state index contributed by atoms with van der Waals surface area (Å²) in [6, 6.07) is 8.77. The van der Waals surface area contributed by atoms with Gasteiger partial charge in [0.1, 0.15) is 0 Å². The summed E-state index contributed by atoms with van der Waals surface area (Å²) in [5, 5.41) is 6.14. The normalized spacial score (nSPS) is 11.3. The number of hydrogen-bond acceptors (Lipinski definition) is 2. The van der Waals surface area contributed by atoms with Crippen LogP contribution in [0.4, 0.5) is 0 Å². The van der Waals surface area contributed by atoms with Crippen molar-refractivity contribution in [2.75, 3.05) is 14.1 Å². The molecule has 1 heterocycles. The molecule has 0 aliphatic carbocycles. The van der Waals surface area contributed by atoms with Crippen LogP contribution in [0.1, 0.15) is 28.1 Å². The van der Waals surface area contributed by atoms with Gasteiger partial charge in [-0.05, 0) is 57.0 Å². The molecule has 0 bridgehead atoms. The van der Waals surface area contributed by atoms with E-state index in [0.29, 0.717) is 0 Å². The van der Waals surface area contributed by atoms with Gasteiger partial charge in [0.05, 0.1) is 6.21 Å². The highest BCUT2D eigenvalue weighted by molar-refractivity contribution is 5.82. The minimum atomic E-state index is 1.16. The zero-order valence-electron chi connectivity index (χ0n) is 13.2. The number of aromatic nitrogens is 1. The van der Waals surface area contributed by atoms with Crippen molar-refractivity contribution in [1.82, 2.24) is 9.58 Å². The summed E-state index contributed by atoms with van der Waals surface area (Å²) in [6.07, 6.45) is 1.92. The lowest BCUT2D eigenvalue weighted by Crippen LogP contribution is -2.03. The van der Waals surface area contributed by atoms with Crippen LogP contribution in [0.2, 0.25) is 0 Å². The minimum absolute atomic E-state index is 1.16. The molecule has 0 atom stereocenters. The number of hydrogen-bond donors (Lipinski definition) is 0. The first-order chi connectivity index (χ1) is 9.40. The van der Waals surface area contributed by atoms with Crippen LogP contribution in [0.3, 0.4) is 0 Å². The van der Waals surface area contributed by atoms with Crippen LogP contribution in [-0.2, 0) is 0 Å². The van der Waals surface area contributed by atoms with E-state index < -0.39 is 0 Å². The molecule has 1 aromatic heterocycles. The van der Waals surface area contributed by atoms with Crippen molar-refractivity contribution in [2.45, 2.75) is 27.7 Å². The maximum absolute atomic E-state index is 4.33. The molecule has 0 spiro atoms. The van der Waals surface area contributed by atoms with Crippen LogP contribution in [0, 0.1) is 27.7 Å². The third-order valence-electron chi connectivity index (χ3n) is 3.65. The standard InChI is InChI=1S/C17H23N3/c1-12-7-8-17(9-13(12)2)20-14(3)10-16(15(20)4)11-18-19(5)6/h7-11H,1-6H3/b18-11-. The second kappa shape index (κ2) is 5.53. The molecule has 0 amide bonds. The third kappa shape index (κ3) is 2.77. The Kier molecular flexibility index (Phi) is 3.98. The van der Waals surface area contributed by atoms with Crippen LogP contribution in [0.5, 0.6) is 0 Å². The SMILES string of the molecule is Cc1ccc(-n2c(C)cc(/C=N\N(C)C)c2C)cc1C. The Labute approximate surface area is 121 Å². The van der Waals surface area contributed by atoms with E-state index in [1.54, 1.807) is 0 Å². The maximum Gasteiger partial charge on any atom is 0.0560 e. The molecule has 0 radical (unpaired) electrons. The lowest BCUT2D eigenvalue weighted by molar-refractivity contribution is 0.440. The first kappa shape index (κ1) is 14.4. The van der Waals surface area contributed by atoms with Crippen molar-refractivity contribution in [3.05, 3.63) is 52.3 Å². The molecule has 2 aromatic rings. The second-order valence-corrected chi connectivity index (χ2v) is 5.52. The maximum atomic E-state index is 4.33. The Morgan fingerprint density at radius 1 is 1.00 bits per heavy atom. The van der Waals surface area contributed by atoms with Gasteiger partial charge in [-0.25, -0.2) is 0 Å². The quantitative estimate of drug-likeness (QED) is 0.616. The highest BCUT2D eigenvalue weighted by atomic mass is 15.4. The number of aryl methyl sites for hydroxylation is 3. The summed E-state index contributed by atoms with van der Waals surface area (Å²) in [5.74, 6) is 0. The van der Waals surface area contributed by atoms with Crippen LogP contribution in [0.15, 0.2) is 29.4 Å². The Morgan fingerprint density at radius 3 is 2.30 bits per heavy atom. The molecule has 0 fully saturated rings. The summed E-state index contributed by atoms with van der Waals surface area (Å²) in [6.45, 7) is 8.57. The molecule has 2 rings (SSSR count). The average molecular weight is 269 g/mol. The van der Waals surface area contributed by atoms with E-state index in [2.05, 4.69) is 61.6 Å². The summed E-state index contributed by atoms with van der Waals surface area (Å²) in [7, 11) is 3.86. The average Bonchev–Trinajstić information content (AvgIpc) is 2.65. The summed E-state index contributed by atoms with van der Waals surface area (Å²) in [5.41, 5.74) is 7.47. The molecule has 106 valence electrons. The molecule has 0 aliphatic heterocycles. The first-order valence-corrected chi connectivity index (χ1v) is 6.88. The lowest BCUT2D eigenvalue weighted by Gasteiger charge is -2.11. The summed E-state index contributed by atoms with van der Waals surface area (Å²) < 4.78 is 2.28. The number of rotatable bonds is 3. The second-order valence-electron chi connectivity index (χ2n) is 5.52. The van der Waals surface area contributed by atoms with Gasteiger partial charge < -0.3 is 9.58 Å². The Balaban J connectivity index is 2.49. The van der Waals surface area contributed by atoms with E-state index in [-0.39, 0.29) is 0 Å². The van der Waals surface area contributed by atoms with Gasteiger partial charge in [-0.3, -0.25) is 0 Å². The Morgan fingerprint density at radius 2 is 1.70 bits per heavy atom. The molecule has 0 aliphatic rings. The van der Waals surface area contributed by atoms with Crippen molar-refractivity contribution in [2.24, 2.45) is 5.10 Å². The van der Waals surface area contributed by atoms with Crippen molar-refractivity contribution >= 4 is 6.21 Å². The van der Waals surface area contributed by atoms with E-state index in [4.69, 9.17) is 0 Å². The van der Waals surface area contributed by atoms with E-state index in [1.807, 2.05) is 25.3 Å². The Hall–Kier alpha value is -2.03. The number of nitrogens with zero attached hydrogens (tertiary/aromatic N) is 3. The fourth-order valence-electron chi connectivity index (χ4n) is 2.36. The fourth-order valence-corrected chi connectivity index (χ4v) is 2.36. The highest BCUT2D eigenvalue weighted by Gasteiger charge is 2.10. The van der Waals surface area contributed by atoms with Crippen molar-refractivity contribution in [3.8, 4) is 5.69 Å². The molecular weight excluding hydrogens is 246 g/mol. The van der Waals surface area contributed by atoms with Crippen LogP contribution >= 0.6 is 0 Å². The van der Waals surface area contributed by atoms with Gasteiger partial charge in [0.15, 0.2) is 0 Å². The summed E-state index contributed by atoms with van der Waals surface area (Å²) in [4.78, 5) is 0. The van der Waals surface area contributed by atoms with Gasteiger partial charge in [0, 0.05) is 36.7 Å². The predicted octanol–water partition coefficient (Wildman–Crippen LogP) is 3.61. The predicted molar refractivity (Wildman–Crippen MR) is 86.0 cm³/mol. The van der Waals surface area contributed by atoms with Gasteiger partial charge in [-0.15, -0.1) is 0 Å². The third-order valence-corrected chi connectivity index (χ3v) is 3.65. The van der Waals surface area contributed by atoms with E-state index in [9.17, 15) is 0 Å². The minimum Gasteiger partial charge on any atom is -0.318 e. The lowest BCUT2D eigenvalue weighted by atomic mass is 10.1. The zero-order valence-corrected chi connectivity index (χ0v) is 13.2. The van der Waals surface area contributed by atoms with Crippen LogP contribution in [-0.4, -0.2) is 29.9 Å². The molecule has 0 saturated heterocycles. The van der Waals surface area contributed by atoms with Gasteiger partial charge in [0.2, 0.25) is 0 Å². The first-order valence-electron chi connectivity index (χ1n) is 6.88. The van der Waals surface area contributed by atoms with Crippen molar-refractivity contribution in [1.29, 1.82) is 0 Å². The van der Waals surface area contributed by atoms with Gasteiger partial charge in [0.25, 0.3) is 0 Å². The zero-order chi connectivity index (χ0) is 14.9. The van der Waals surface area contributed by atoms with Crippen molar-refractivity contribution in [3.63, 3.8) is 0 Å². The van der Waals surface area contributed by atoms with Gasteiger partial charge >= 0.3 is 0 Å². The smallest absolute Gasteiger partial charge is 0.0560 e. The molecule has 3 heteroatoms. The molecular formula is C17H23N3. The Bertz CT molecular complexity index is 648. The largest absolute Gasteiger partial charge is 0.318 e. The summed E-state index contributed by atoms with van der Waals surface area (Å²) >= 11 is 0. The van der Waals surface area contributed by atoms with E-state index in [1.165, 1.54) is 28.2 Å². The molecule has 20 heavy (non-hydrogen) atoms. The fraction of sp³-hybridized carbons (Fsp3) is 0.353. The molecule has 0 saturated carbocycles. The van der Waals surface area contributed by atoms with Gasteiger partial charge in [-0.2, -0.15) is 5.10 Å². The topological polar surface area (TPSA) is 20.5 Å². The number of hydrazone groups is 1. The molecule has 0 unspecified atom stereocenters. The van der Waals surface area contributed by atoms with Crippen molar-refractivity contribution < 1.29 is 0 Å². The molecule has 3 nitrogen and oxygen atoms in total.